The molecule has 5 heteroatoms. The molecule has 2 aliphatic carbocycles. The first-order valence-electron chi connectivity index (χ1n) is 6.58. The van der Waals surface area contributed by atoms with Crippen LogP contribution in [-0.2, 0) is 0 Å². The molecule has 1 amide bonds. The molecule has 2 N–H and O–H groups in total. The summed E-state index contributed by atoms with van der Waals surface area (Å²) in [5.41, 5.74) is 0.605. The monoisotopic (exact) mass is 260 g/mol. The highest BCUT2D eigenvalue weighted by molar-refractivity contribution is 5.96. The van der Waals surface area contributed by atoms with Crippen LogP contribution in [0.15, 0.2) is 18.3 Å². The van der Waals surface area contributed by atoms with Crippen molar-refractivity contribution in [3.8, 4) is 0 Å². The lowest BCUT2D eigenvalue weighted by Gasteiger charge is -2.14. The number of hydrogen-bond acceptors (Lipinski definition) is 3. The number of carbonyl (C=O) groups excluding carboxylic acids is 1. The second-order valence-electron chi connectivity index (χ2n) is 5.55. The van der Waals surface area contributed by atoms with Crippen LogP contribution in [0.4, 0.5) is 0 Å². The van der Waals surface area contributed by atoms with E-state index in [1.807, 2.05) is 0 Å². The number of pyridine rings is 1. The van der Waals surface area contributed by atoms with Gasteiger partial charge in [0.1, 0.15) is 5.69 Å². The quantitative estimate of drug-likeness (QED) is 0.844. The highest BCUT2D eigenvalue weighted by Crippen LogP contribution is 2.60. The predicted molar refractivity (Wildman–Crippen MR) is 67.9 cm³/mol. The van der Waals surface area contributed by atoms with E-state index in [2.05, 4.69) is 10.3 Å². The summed E-state index contributed by atoms with van der Waals surface area (Å²) >= 11 is 0. The fourth-order valence-corrected chi connectivity index (χ4v) is 2.63. The number of hydrogen-bond donors (Lipinski definition) is 2. The van der Waals surface area contributed by atoms with Gasteiger partial charge in [0.05, 0.1) is 0 Å². The number of aromatic nitrogens is 1. The fourth-order valence-electron chi connectivity index (χ4n) is 2.63. The molecule has 5 nitrogen and oxygen atoms in total. The maximum absolute atomic E-state index is 12.0. The topological polar surface area (TPSA) is 79.3 Å². The van der Waals surface area contributed by atoms with Crippen LogP contribution in [-0.4, -0.2) is 28.5 Å². The molecule has 1 aromatic rings. The summed E-state index contributed by atoms with van der Waals surface area (Å²) in [5, 5.41) is 11.8. The second kappa shape index (κ2) is 4.33. The van der Waals surface area contributed by atoms with Gasteiger partial charge in [-0.25, -0.2) is 9.78 Å². The van der Waals surface area contributed by atoms with Gasteiger partial charge >= 0.3 is 5.97 Å². The Morgan fingerprint density at radius 2 is 2.16 bits per heavy atom. The molecule has 19 heavy (non-hydrogen) atoms. The summed E-state index contributed by atoms with van der Waals surface area (Å²) < 4.78 is 0. The first-order valence-corrected chi connectivity index (χ1v) is 6.58. The van der Waals surface area contributed by atoms with Gasteiger partial charge in [-0.05, 0) is 49.1 Å². The molecule has 2 fully saturated rings. The van der Waals surface area contributed by atoms with Gasteiger partial charge in [0.15, 0.2) is 0 Å². The summed E-state index contributed by atoms with van der Waals surface area (Å²) in [6, 6.07) is 2.85. The first-order chi connectivity index (χ1) is 9.11. The number of nitrogens with one attached hydrogen (secondary N) is 1. The molecule has 0 spiro atoms. The SMILES string of the molecule is O=C(NCC1(C2CC2)CC1)c1ccnc(C(=O)O)c1. The number of carboxylic acid groups (broad SMARTS) is 1. The zero-order valence-electron chi connectivity index (χ0n) is 10.6. The van der Waals surface area contributed by atoms with Gasteiger partial charge < -0.3 is 10.4 Å². The molecule has 2 aliphatic rings. The molecule has 0 saturated heterocycles. The molecule has 2 saturated carbocycles. The van der Waals surface area contributed by atoms with Crippen molar-refractivity contribution in [3.05, 3.63) is 29.6 Å². The van der Waals surface area contributed by atoms with E-state index in [1.54, 1.807) is 6.07 Å². The van der Waals surface area contributed by atoms with Gasteiger partial charge in [0.25, 0.3) is 5.91 Å². The number of amides is 1. The van der Waals surface area contributed by atoms with Gasteiger partial charge in [0, 0.05) is 18.3 Å². The zero-order chi connectivity index (χ0) is 13.5. The molecule has 0 bridgehead atoms. The second-order valence-corrected chi connectivity index (χ2v) is 5.55. The molecular formula is C14H16N2O3. The van der Waals surface area contributed by atoms with Crippen LogP contribution in [0.2, 0.25) is 0 Å². The summed E-state index contributed by atoms with van der Waals surface area (Å²) in [6.45, 7) is 0.710. The van der Waals surface area contributed by atoms with Crippen molar-refractivity contribution in [1.82, 2.24) is 10.3 Å². The minimum Gasteiger partial charge on any atom is -0.477 e. The molecule has 100 valence electrons. The number of aromatic carboxylic acids is 1. The van der Waals surface area contributed by atoms with E-state index < -0.39 is 5.97 Å². The van der Waals surface area contributed by atoms with Crippen LogP contribution in [0.1, 0.15) is 46.5 Å². The minimum atomic E-state index is -1.12. The maximum Gasteiger partial charge on any atom is 0.354 e. The predicted octanol–water partition coefficient (Wildman–Crippen LogP) is 1.70. The smallest absolute Gasteiger partial charge is 0.354 e. The van der Waals surface area contributed by atoms with Crippen molar-refractivity contribution in [3.63, 3.8) is 0 Å². The van der Waals surface area contributed by atoms with E-state index in [9.17, 15) is 9.59 Å². The van der Waals surface area contributed by atoms with Crippen LogP contribution in [0.5, 0.6) is 0 Å². The van der Waals surface area contributed by atoms with Crippen molar-refractivity contribution >= 4 is 11.9 Å². The van der Waals surface area contributed by atoms with E-state index in [-0.39, 0.29) is 11.6 Å². The maximum atomic E-state index is 12.0. The average molecular weight is 260 g/mol. The Labute approximate surface area is 111 Å². The molecule has 0 unspecified atom stereocenters. The van der Waals surface area contributed by atoms with Gasteiger partial charge in [-0.2, -0.15) is 0 Å². The van der Waals surface area contributed by atoms with E-state index in [0.29, 0.717) is 17.5 Å². The molecule has 0 aromatic carbocycles. The van der Waals surface area contributed by atoms with Gasteiger partial charge in [-0.15, -0.1) is 0 Å². The van der Waals surface area contributed by atoms with Crippen molar-refractivity contribution in [2.45, 2.75) is 25.7 Å². The Hall–Kier alpha value is -1.91. The average Bonchev–Trinajstić information content (AvgIpc) is 3.28. The number of carbonyl (C=O) groups is 2. The minimum absolute atomic E-state index is 0.101. The highest BCUT2D eigenvalue weighted by Gasteiger charge is 2.53. The van der Waals surface area contributed by atoms with Crippen molar-refractivity contribution in [2.24, 2.45) is 11.3 Å². The Bertz CT molecular complexity index is 533. The van der Waals surface area contributed by atoms with Gasteiger partial charge in [-0.1, -0.05) is 0 Å². The summed E-state index contributed by atoms with van der Waals surface area (Å²) in [4.78, 5) is 26.5. The van der Waals surface area contributed by atoms with E-state index in [0.717, 1.165) is 5.92 Å². The van der Waals surface area contributed by atoms with Crippen LogP contribution < -0.4 is 5.32 Å². The number of nitrogens with zero attached hydrogens (tertiary/aromatic N) is 1. The van der Waals surface area contributed by atoms with Gasteiger partial charge in [-0.3, -0.25) is 4.79 Å². The van der Waals surface area contributed by atoms with Gasteiger partial charge in [0.2, 0.25) is 0 Å². The largest absolute Gasteiger partial charge is 0.477 e. The molecule has 1 aromatic heterocycles. The molecule has 0 aliphatic heterocycles. The fraction of sp³-hybridized carbons (Fsp3) is 0.500. The summed E-state index contributed by atoms with van der Waals surface area (Å²) in [6.07, 6.45) is 6.33. The Balaban J connectivity index is 1.63. The number of rotatable bonds is 5. The van der Waals surface area contributed by atoms with E-state index >= 15 is 0 Å². The first kappa shape index (κ1) is 12.1. The van der Waals surface area contributed by atoms with Crippen LogP contribution in [0.25, 0.3) is 0 Å². The van der Waals surface area contributed by atoms with Crippen LogP contribution >= 0.6 is 0 Å². The zero-order valence-corrected chi connectivity index (χ0v) is 10.6. The Kier molecular flexibility index (Phi) is 2.77. The third-order valence-corrected chi connectivity index (χ3v) is 4.18. The third kappa shape index (κ3) is 2.45. The van der Waals surface area contributed by atoms with E-state index in [4.69, 9.17) is 5.11 Å². The van der Waals surface area contributed by atoms with Crippen molar-refractivity contribution in [1.29, 1.82) is 0 Å². The summed E-state index contributed by atoms with van der Waals surface area (Å²) in [5.74, 6) is -0.539. The molecule has 1 heterocycles. The van der Waals surface area contributed by atoms with E-state index in [1.165, 1.54) is 37.9 Å². The van der Waals surface area contributed by atoms with Crippen molar-refractivity contribution in [2.75, 3.05) is 6.54 Å². The Morgan fingerprint density at radius 3 is 2.74 bits per heavy atom. The number of carboxylic acids is 1. The van der Waals surface area contributed by atoms with Crippen molar-refractivity contribution < 1.29 is 14.7 Å². The summed E-state index contributed by atoms with van der Waals surface area (Å²) in [7, 11) is 0. The molecule has 0 radical (unpaired) electrons. The lowest BCUT2D eigenvalue weighted by atomic mass is 10.0. The lowest BCUT2D eigenvalue weighted by Crippen LogP contribution is -2.31. The third-order valence-electron chi connectivity index (χ3n) is 4.18. The standard InChI is InChI=1S/C14H16N2O3/c17-12(9-3-6-15-11(7-9)13(18)19)16-8-14(4-5-14)10-1-2-10/h3,6-7,10H,1-2,4-5,8H2,(H,16,17)(H,18,19). The van der Waals surface area contributed by atoms with Crippen LogP contribution in [0, 0.1) is 11.3 Å². The lowest BCUT2D eigenvalue weighted by molar-refractivity contribution is 0.0690. The highest BCUT2D eigenvalue weighted by atomic mass is 16.4. The molecular weight excluding hydrogens is 244 g/mol. The van der Waals surface area contributed by atoms with Crippen LogP contribution in [0.3, 0.4) is 0 Å². The normalized spacial score (nSPS) is 19.8. The molecule has 0 atom stereocenters. The molecule has 3 rings (SSSR count). The Morgan fingerprint density at radius 1 is 1.42 bits per heavy atom.